The lowest BCUT2D eigenvalue weighted by Gasteiger charge is -2.14. The molecule has 0 aliphatic heterocycles. The van der Waals surface area contributed by atoms with Gasteiger partial charge in [0.1, 0.15) is 0 Å². The number of thiazole rings is 1. The van der Waals surface area contributed by atoms with Crippen LogP contribution in [-0.2, 0) is 6.54 Å². The number of aromatic nitrogens is 1. The molecule has 0 fully saturated rings. The number of thiophene rings is 1. The zero-order chi connectivity index (χ0) is 12.4. The predicted octanol–water partition coefficient (Wildman–Crippen LogP) is 3.55. The fraction of sp³-hybridized carbons (Fsp3) is 0.273. The molecule has 0 spiro atoms. The predicted molar refractivity (Wildman–Crippen MR) is 74.7 cm³/mol. The molecule has 90 valence electrons. The van der Waals surface area contributed by atoms with Crippen molar-refractivity contribution in [3.63, 3.8) is 0 Å². The molecule has 6 heteroatoms. The lowest BCUT2D eigenvalue weighted by Crippen LogP contribution is -2.25. The standard InChI is InChI=1S/C11H11BrN2OS2/c1-7-3-9(17-10(7)12)11(15)14(2)4-8-5-16-6-13-8/h3,5-6H,4H2,1-2H3. The Kier molecular flexibility index (Phi) is 3.96. The van der Waals surface area contributed by atoms with Gasteiger partial charge in [-0.2, -0.15) is 0 Å². The van der Waals surface area contributed by atoms with Crippen LogP contribution in [0.2, 0.25) is 0 Å². The monoisotopic (exact) mass is 330 g/mol. The quantitative estimate of drug-likeness (QED) is 0.862. The second kappa shape index (κ2) is 5.29. The van der Waals surface area contributed by atoms with Gasteiger partial charge in [0.2, 0.25) is 0 Å². The van der Waals surface area contributed by atoms with Crippen LogP contribution in [0.1, 0.15) is 20.9 Å². The maximum absolute atomic E-state index is 12.1. The lowest BCUT2D eigenvalue weighted by atomic mass is 10.3. The number of nitrogens with zero attached hydrogens (tertiary/aromatic N) is 2. The van der Waals surface area contributed by atoms with Crippen LogP contribution in [0.4, 0.5) is 0 Å². The van der Waals surface area contributed by atoms with E-state index in [2.05, 4.69) is 20.9 Å². The Morgan fingerprint density at radius 3 is 2.88 bits per heavy atom. The number of hydrogen-bond acceptors (Lipinski definition) is 4. The van der Waals surface area contributed by atoms with Crippen LogP contribution in [0.3, 0.4) is 0 Å². The third-order valence-electron chi connectivity index (χ3n) is 2.30. The molecule has 0 atom stereocenters. The maximum Gasteiger partial charge on any atom is 0.264 e. The molecule has 2 aromatic heterocycles. The molecule has 0 saturated carbocycles. The van der Waals surface area contributed by atoms with E-state index in [1.54, 1.807) is 28.8 Å². The molecule has 0 aliphatic rings. The van der Waals surface area contributed by atoms with E-state index in [9.17, 15) is 4.79 Å². The minimum Gasteiger partial charge on any atom is -0.335 e. The van der Waals surface area contributed by atoms with Crippen molar-refractivity contribution in [3.05, 3.63) is 36.9 Å². The molecule has 0 radical (unpaired) electrons. The summed E-state index contributed by atoms with van der Waals surface area (Å²) in [7, 11) is 1.80. The van der Waals surface area contributed by atoms with Gasteiger partial charge in [-0.25, -0.2) is 4.98 Å². The van der Waals surface area contributed by atoms with Gasteiger partial charge in [-0.1, -0.05) is 0 Å². The third kappa shape index (κ3) is 2.94. The molecule has 0 N–H and O–H groups in total. The third-order valence-corrected chi connectivity index (χ3v) is 5.06. The fourth-order valence-electron chi connectivity index (χ4n) is 1.38. The molecule has 2 aromatic rings. The molecule has 0 unspecified atom stereocenters. The largest absolute Gasteiger partial charge is 0.335 e. The summed E-state index contributed by atoms with van der Waals surface area (Å²) in [6.07, 6.45) is 0. The first-order chi connectivity index (χ1) is 8.08. The maximum atomic E-state index is 12.1. The number of carbonyl (C=O) groups excluding carboxylic acids is 1. The summed E-state index contributed by atoms with van der Waals surface area (Å²) in [4.78, 5) is 18.7. The summed E-state index contributed by atoms with van der Waals surface area (Å²) in [5.41, 5.74) is 3.80. The first-order valence-corrected chi connectivity index (χ1v) is 7.51. The second-order valence-electron chi connectivity index (χ2n) is 3.71. The molecule has 17 heavy (non-hydrogen) atoms. The highest BCUT2D eigenvalue weighted by Gasteiger charge is 2.16. The van der Waals surface area contributed by atoms with Crippen molar-refractivity contribution < 1.29 is 4.79 Å². The highest BCUT2D eigenvalue weighted by atomic mass is 79.9. The molecule has 0 saturated heterocycles. The Bertz CT molecular complexity index is 502. The fourth-order valence-corrected chi connectivity index (χ4v) is 3.46. The van der Waals surface area contributed by atoms with Crippen LogP contribution in [0.5, 0.6) is 0 Å². The number of rotatable bonds is 3. The zero-order valence-corrected chi connectivity index (χ0v) is 12.7. The number of amides is 1. The van der Waals surface area contributed by atoms with Gasteiger partial charge >= 0.3 is 0 Å². The van der Waals surface area contributed by atoms with Gasteiger partial charge in [-0.05, 0) is 34.5 Å². The van der Waals surface area contributed by atoms with Gasteiger partial charge in [-0.15, -0.1) is 22.7 Å². The topological polar surface area (TPSA) is 33.2 Å². The molecule has 3 nitrogen and oxygen atoms in total. The van der Waals surface area contributed by atoms with Crippen molar-refractivity contribution in [1.82, 2.24) is 9.88 Å². The van der Waals surface area contributed by atoms with Crippen LogP contribution in [0, 0.1) is 6.92 Å². The van der Waals surface area contributed by atoms with Crippen LogP contribution >= 0.6 is 38.6 Å². The molecule has 1 amide bonds. The number of carbonyl (C=O) groups is 1. The van der Waals surface area contributed by atoms with Crippen molar-refractivity contribution >= 4 is 44.5 Å². The second-order valence-corrected chi connectivity index (χ2v) is 6.80. The normalized spacial score (nSPS) is 10.5. The lowest BCUT2D eigenvalue weighted by molar-refractivity contribution is 0.0788. The van der Waals surface area contributed by atoms with Crippen molar-refractivity contribution in [2.75, 3.05) is 7.05 Å². The van der Waals surface area contributed by atoms with E-state index in [1.165, 1.54) is 11.3 Å². The van der Waals surface area contributed by atoms with Gasteiger partial charge in [0, 0.05) is 12.4 Å². The van der Waals surface area contributed by atoms with Crippen molar-refractivity contribution in [1.29, 1.82) is 0 Å². The smallest absolute Gasteiger partial charge is 0.264 e. The Hall–Kier alpha value is -0.720. The van der Waals surface area contributed by atoms with Crippen LogP contribution in [0.25, 0.3) is 0 Å². The Balaban J connectivity index is 2.09. The molecule has 2 heterocycles. The zero-order valence-electron chi connectivity index (χ0n) is 9.44. The molecule has 0 aromatic carbocycles. The van der Waals surface area contributed by atoms with Crippen LogP contribution in [-0.4, -0.2) is 22.8 Å². The summed E-state index contributed by atoms with van der Waals surface area (Å²) in [6, 6.07) is 1.91. The SMILES string of the molecule is Cc1cc(C(=O)N(C)Cc2cscn2)sc1Br. The van der Waals surface area contributed by atoms with Crippen molar-refractivity contribution in [2.24, 2.45) is 0 Å². The van der Waals surface area contributed by atoms with E-state index in [-0.39, 0.29) is 5.91 Å². The van der Waals surface area contributed by atoms with E-state index >= 15 is 0 Å². The van der Waals surface area contributed by atoms with Gasteiger partial charge < -0.3 is 4.90 Å². The average molecular weight is 331 g/mol. The summed E-state index contributed by atoms with van der Waals surface area (Å²) in [5.74, 6) is 0.0387. The Labute approximate surface area is 116 Å². The molecular formula is C11H11BrN2OS2. The van der Waals surface area contributed by atoms with Gasteiger partial charge in [0.15, 0.2) is 0 Å². The van der Waals surface area contributed by atoms with E-state index in [4.69, 9.17) is 0 Å². The van der Waals surface area contributed by atoms with Gasteiger partial charge in [-0.3, -0.25) is 4.79 Å². The van der Waals surface area contributed by atoms with Crippen LogP contribution in [0.15, 0.2) is 20.7 Å². The van der Waals surface area contributed by atoms with Gasteiger partial charge in [0.05, 0.1) is 26.4 Å². The summed E-state index contributed by atoms with van der Waals surface area (Å²) in [6.45, 7) is 2.54. The van der Waals surface area contributed by atoms with E-state index < -0.39 is 0 Å². The summed E-state index contributed by atoms with van der Waals surface area (Å²) in [5, 5.41) is 1.96. The van der Waals surface area contributed by atoms with Crippen molar-refractivity contribution in [2.45, 2.75) is 13.5 Å². The number of halogens is 1. The van der Waals surface area contributed by atoms with E-state index in [0.717, 1.165) is 19.9 Å². The minimum absolute atomic E-state index is 0.0387. The first kappa shape index (κ1) is 12.7. The minimum atomic E-state index is 0.0387. The average Bonchev–Trinajstić information content (AvgIpc) is 2.89. The van der Waals surface area contributed by atoms with E-state index in [1.807, 2.05) is 18.4 Å². The molecule has 0 aliphatic carbocycles. The molecule has 2 rings (SSSR count). The first-order valence-electron chi connectivity index (χ1n) is 4.96. The van der Waals surface area contributed by atoms with Crippen molar-refractivity contribution in [3.8, 4) is 0 Å². The van der Waals surface area contributed by atoms with Crippen LogP contribution < -0.4 is 0 Å². The van der Waals surface area contributed by atoms with E-state index in [0.29, 0.717) is 6.54 Å². The number of hydrogen-bond donors (Lipinski definition) is 0. The highest BCUT2D eigenvalue weighted by molar-refractivity contribution is 9.11. The Morgan fingerprint density at radius 1 is 1.59 bits per heavy atom. The molecule has 0 bridgehead atoms. The molecular weight excluding hydrogens is 320 g/mol. The number of aryl methyl sites for hydroxylation is 1. The Morgan fingerprint density at radius 2 is 2.35 bits per heavy atom. The summed E-state index contributed by atoms with van der Waals surface area (Å²) < 4.78 is 1.02. The summed E-state index contributed by atoms with van der Waals surface area (Å²) >= 11 is 6.44. The van der Waals surface area contributed by atoms with Gasteiger partial charge in [0.25, 0.3) is 5.91 Å². The highest BCUT2D eigenvalue weighted by Crippen LogP contribution is 2.28.